The van der Waals surface area contributed by atoms with E-state index in [2.05, 4.69) is 5.32 Å². The van der Waals surface area contributed by atoms with Crippen LogP contribution in [-0.2, 0) is 4.79 Å². The Balaban J connectivity index is 1.81. The Hall–Kier alpha value is -0.610. The molecule has 4 heteroatoms. The number of aliphatic hydroxyl groups is 1. The lowest BCUT2D eigenvalue weighted by molar-refractivity contribution is -0.144. The number of aliphatic carboxylic acids is 1. The molecule has 0 aromatic rings. The lowest BCUT2D eigenvalue weighted by atomic mass is 9.79. The zero-order valence-electron chi connectivity index (χ0n) is 11.0. The van der Waals surface area contributed by atoms with Gasteiger partial charge in [0.2, 0.25) is 0 Å². The first-order valence-electron chi connectivity index (χ1n) is 7.32. The van der Waals surface area contributed by atoms with Crippen LogP contribution in [0.25, 0.3) is 0 Å². The summed E-state index contributed by atoms with van der Waals surface area (Å²) in [6, 6.07) is 0.176. The summed E-state index contributed by atoms with van der Waals surface area (Å²) in [5.41, 5.74) is 0. The molecule has 0 aromatic heterocycles. The third kappa shape index (κ3) is 3.45. The lowest BCUT2D eigenvalue weighted by Crippen LogP contribution is -2.46. The predicted octanol–water partition coefficient (Wildman–Crippen LogP) is 1.77. The Morgan fingerprint density at radius 3 is 2.44 bits per heavy atom. The molecule has 0 aromatic carbocycles. The minimum atomic E-state index is -0.648. The second kappa shape index (κ2) is 6.53. The van der Waals surface area contributed by atoms with E-state index in [1.54, 1.807) is 0 Å². The summed E-state index contributed by atoms with van der Waals surface area (Å²) in [6.45, 7) is 0.749. The number of hydrogen-bond acceptors (Lipinski definition) is 3. The van der Waals surface area contributed by atoms with Crippen LogP contribution in [0.1, 0.15) is 51.4 Å². The van der Waals surface area contributed by atoms with E-state index in [9.17, 15) is 15.0 Å². The molecule has 0 bridgehead atoms. The maximum Gasteiger partial charge on any atom is 0.306 e. The average Bonchev–Trinajstić information content (AvgIpc) is 2.38. The lowest BCUT2D eigenvalue weighted by Gasteiger charge is -2.33. The molecular weight excluding hydrogens is 230 g/mol. The van der Waals surface area contributed by atoms with Gasteiger partial charge in [0.15, 0.2) is 0 Å². The highest BCUT2D eigenvalue weighted by atomic mass is 16.4. The molecule has 0 heterocycles. The topological polar surface area (TPSA) is 69.6 Å². The van der Waals surface area contributed by atoms with Crippen LogP contribution in [0.2, 0.25) is 0 Å². The fraction of sp³-hybridized carbons (Fsp3) is 0.929. The quantitative estimate of drug-likeness (QED) is 0.716. The van der Waals surface area contributed by atoms with E-state index < -0.39 is 5.97 Å². The molecule has 4 atom stereocenters. The Bertz CT molecular complexity index is 282. The molecule has 104 valence electrons. The molecule has 3 N–H and O–H groups in total. The number of rotatable bonds is 4. The molecule has 2 saturated carbocycles. The van der Waals surface area contributed by atoms with Crippen molar-refractivity contribution in [2.24, 2.45) is 11.8 Å². The van der Waals surface area contributed by atoms with Crippen LogP contribution in [0.4, 0.5) is 0 Å². The Morgan fingerprint density at radius 1 is 1.06 bits per heavy atom. The van der Waals surface area contributed by atoms with Crippen molar-refractivity contribution in [1.82, 2.24) is 5.32 Å². The van der Waals surface area contributed by atoms with Gasteiger partial charge in [-0.3, -0.25) is 4.79 Å². The number of aliphatic hydroxyl groups excluding tert-OH is 1. The molecule has 0 radical (unpaired) electrons. The van der Waals surface area contributed by atoms with E-state index in [-0.39, 0.29) is 24.0 Å². The Kier molecular flexibility index (Phi) is 5.01. The van der Waals surface area contributed by atoms with E-state index in [0.717, 1.165) is 51.5 Å². The summed E-state index contributed by atoms with van der Waals surface area (Å²) < 4.78 is 0. The molecule has 2 aliphatic carbocycles. The molecule has 0 aliphatic heterocycles. The van der Waals surface area contributed by atoms with Gasteiger partial charge in [-0.05, 0) is 38.1 Å². The number of carbonyl (C=O) groups is 1. The normalized spacial score (nSPS) is 37.4. The Labute approximate surface area is 109 Å². The number of carboxylic acid groups (broad SMARTS) is 1. The van der Waals surface area contributed by atoms with Crippen LogP contribution >= 0.6 is 0 Å². The first-order chi connectivity index (χ1) is 8.68. The van der Waals surface area contributed by atoms with Crippen molar-refractivity contribution < 1.29 is 15.0 Å². The number of hydrogen-bond donors (Lipinski definition) is 3. The summed E-state index contributed by atoms with van der Waals surface area (Å²) in [4.78, 5) is 11.2. The van der Waals surface area contributed by atoms with Crippen molar-refractivity contribution in [3.63, 3.8) is 0 Å². The smallest absolute Gasteiger partial charge is 0.306 e. The van der Waals surface area contributed by atoms with Crippen molar-refractivity contribution in [3.05, 3.63) is 0 Å². The van der Waals surface area contributed by atoms with Crippen molar-refractivity contribution in [1.29, 1.82) is 0 Å². The zero-order chi connectivity index (χ0) is 13.0. The summed E-state index contributed by atoms with van der Waals surface area (Å²) in [6.07, 6.45) is 7.94. The molecule has 4 unspecified atom stereocenters. The highest BCUT2D eigenvalue weighted by Crippen LogP contribution is 2.30. The van der Waals surface area contributed by atoms with Crippen molar-refractivity contribution in [2.75, 3.05) is 6.54 Å². The summed E-state index contributed by atoms with van der Waals surface area (Å²) in [5.74, 6) is -0.594. The molecule has 18 heavy (non-hydrogen) atoms. The van der Waals surface area contributed by atoms with Gasteiger partial charge in [-0.2, -0.15) is 0 Å². The van der Waals surface area contributed by atoms with Crippen LogP contribution in [0.5, 0.6) is 0 Å². The summed E-state index contributed by atoms with van der Waals surface area (Å²) in [5, 5.41) is 22.5. The van der Waals surface area contributed by atoms with E-state index in [0.29, 0.717) is 0 Å². The second-order valence-electron chi connectivity index (χ2n) is 5.86. The highest BCUT2D eigenvalue weighted by Gasteiger charge is 2.32. The minimum absolute atomic E-state index is 0.176. The van der Waals surface area contributed by atoms with Gasteiger partial charge >= 0.3 is 5.97 Å². The van der Waals surface area contributed by atoms with Crippen LogP contribution in [0, 0.1) is 11.8 Å². The third-order valence-corrected chi connectivity index (χ3v) is 4.60. The van der Waals surface area contributed by atoms with Crippen LogP contribution in [0.15, 0.2) is 0 Å². The van der Waals surface area contributed by atoms with E-state index in [4.69, 9.17) is 0 Å². The van der Waals surface area contributed by atoms with Crippen molar-refractivity contribution >= 4 is 5.97 Å². The van der Waals surface area contributed by atoms with E-state index >= 15 is 0 Å². The minimum Gasteiger partial charge on any atom is -0.481 e. The summed E-state index contributed by atoms with van der Waals surface area (Å²) in [7, 11) is 0. The van der Waals surface area contributed by atoms with Gasteiger partial charge in [-0.25, -0.2) is 0 Å². The monoisotopic (exact) mass is 255 g/mol. The van der Waals surface area contributed by atoms with Gasteiger partial charge in [0.25, 0.3) is 0 Å². The van der Waals surface area contributed by atoms with Gasteiger partial charge in [-0.15, -0.1) is 0 Å². The van der Waals surface area contributed by atoms with E-state index in [1.807, 2.05) is 0 Å². The fourth-order valence-corrected chi connectivity index (χ4v) is 3.43. The maximum absolute atomic E-state index is 11.2. The predicted molar refractivity (Wildman–Crippen MR) is 69.3 cm³/mol. The van der Waals surface area contributed by atoms with Gasteiger partial charge < -0.3 is 15.5 Å². The van der Waals surface area contributed by atoms with Crippen LogP contribution in [-0.4, -0.2) is 34.9 Å². The zero-order valence-corrected chi connectivity index (χ0v) is 11.0. The van der Waals surface area contributed by atoms with Crippen LogP contribution < -0.4 is 5.32 Å². The standard InChI is InChI=1S/C14H25NO3/c16-13-8-4-3-7-12(13)15-9-10-5-1-2-6-11(10)14(17)18/h10-13,15-16H,1-9H2,(H,17,18). The molecule has 0 saturated heterocycles. The average molecular weight is 255 g/mol. The van der Waals surface area contributed by atoms with Crippen LogP contribution in [0.3, 0.4) is 0 Å². The van der Waals surface area contributed by atoms with Crippen molar-refractivity contribution in [2.45, 2.75) is 63.5 Å². The molecule has 2 fully saturated rings. The first kappa shape index (κ1) is 13.8. The Morgan fingerprint density at radius 2 is 1.72 bits per heavy atom. The van der Waals surface area contributed by atoms with Gasteiger partial charge in [0, 0.05) is 6.04 Å². The highest BCUT2D eigenvalue weighted by molar-refractivity contribution is 5.70. The maximum atomic E-state index is 11.2. The first-order valence-corrected chi connectivity index (χ1v) is 7.32. The SMILES string of the molecule is O=C(O)C1CCCCC1CNC1CCCCC1O. The van der Waals surface area contributed by atoms with Crippen molar-refractivity contribution in [3.8, 4) is 0 Å². The molecular formula is C14H25NO3. The third-order valence-electron chi connectivity index (χ3n) is 4.60. The number of nitrogens with one attached hydrogen (secondary N) is 1. The molecule has 0 amide bonds. The molecule has 0 spiro atoms. The van der Waals surface area contributed by atoms with Gasteiger partial charge in [0.1, 0.15) is 0 Å². The van der Waals surface area contributed by atoms with Gasteiger partial charge in [0.05, 0.1) is 12.0 Å². The number of carboxylic acids is 1. The largest absolute Gasteiger partial charge is 0.481 e. The second-order valence-corrected chi connectivity index (χ2v) is 5.86. The molecule has 2 aliphatic rings. The summed E-state index contributed by atoms with van der Waals surface area (Å²) >= 11 is 0. The molecule has 2 rings (SSSR count). The van der Waals surface area contributed by atoms with E-state index in [1.165, 1.54) is 6.42 Å². The van der Waals surface area contributed by atoms with Gasteiger partial charge in [-0.1, -0.05) is 25.7 Å². The molecule has 4 nitrogen and oxygen atoms in total. The fourth-order valence-electron chi connectivity index (χ4n) is 3.43.